The van der Waals surface area contributed by atoms with E-state index in [1.165, 1.54) is 0 Å². The number of hydrogen-bond acceptors (Lipinski definition) is 4. The first kappa shape index (κ1) is 12.0. The van der Waals surface area contributed by atoms with Gasteiger partial charge in [-0.3, -0.25) is 4.98 Å². The van der Waals surface area contributed by atoms with E-state index in [2.05, 4.69) is 4.98 Å². The molecule has 0 radical (unpaired) electrons. The van der Waals surface area contributed by atoms with Crippen molar-refractivity contribution >= 4 is 17.4 Å². The zero-order valence-corrected chi connectivity index (χ0v) is 10.9. The number of thioether (sulfide) groups is 1. The van der Waals surface area contributed by atoms with Gasteiger partial charge < -0.3 is 10.2 Å². The van der Waals surface area contributed by atoms with Gasteiger partial charge in [-0.05, 0) is 37.1 Å². The van der Waals surface area contributed by atoms with E-state index < -0.39 is 0 Å². The maximum Gasteiger partial charge on any atom is 0.113 e. The first-order valence-electron chi connectivity index (χ1n) is 5.49. The molecule has 0 amide bonds. The largest absolute Gasteiger partial charge is 0.468 e. The highest BCUT2D eigenvalue weighted by molar-refractivity contribution is 7.97. The van der Waals surface area contributed by atoms with Crippen LogP contribution in [-0.4, -0.2) is 4.98 Å². The van der Waals surface area contributed by atoms with Crippen LogP contribution < -0.4 is 5.73 Å². The molecule has 2 rings (SSSR count). The molecule has 0 atom stereocenters. The number of nitrogens with zero attached hydrogens (tertiary/aromatic N) is 1. The van der Waals surface area contributed by atoms with Gasteiger partial charge in [0, 0.05) is 17.6 Å². The Morgan fingerprint density at radius 2 is 2.18 bits per heavy atom. The van der Waals surface area contributed by atoms with Gasteiger partial charge in [0.1, 0.15) is 5.76 Å². The van der Waals surface area contributed by atoms with E-state index >= 15 is 0 Å². The number of anilines is 1. The third kappa shape index (κ3) is 2.82. The highest BCUT2D eigenvalue weighted by atomic mass is 32.2. The Balaban J connectivity index is 1.97. The Kier molecular flexibility index (Phi) is 3.74. The lowest BCUT2D eigenvalue weighted by Gasteiger charge is -2.09. The van der Waals surface area contributed by atoms with Crippen molar-refractivity contribution in [3.63, 3.8) is 0 Å². The molecule has 3 nitrogen and oxygen atoms in total. The molecule has 0 unspecified atom stereocenters. The van der Waals surface area contributed by atoms with Crippen LogP contribution in [0.1, 0.15) is 22.6 Å². The van der Waals surface area contributed by atoms with E-state index in [9.17, 15) is 0 Å². The third-order valence-corrected chi connectivity index (χ3v) is 3.71. The molecule has 90 valence electrons. The molecular weight excluding hydrogens is 232 g/mol. The average molecular weight is 248 g/mol. The lowest BCUT2D eigenvalue weighted by molar-refractivity contribution is 0.530. The fourth-order valence-corrected chi connectivity index (χ4v) is 2.53. The van der Waals surface area contributed by atoms with E-state index in [0.29, 0.717) is 0 Å². The van der Waals surface area contributed by atoms with Crippen molar-refractivity contribution in [3.8, 4) is 0 Å². The number of furan rings is 1. The van der Waals surface area contributed by atoms with Gasteiger partial charge >= 0.3 is 0 Å². The van der Waals surface area contributed by atoms with Gasteiger partial charge in [0.15, 0.2) is 0 Å². The Morgan fingerprint density at radius 1 is 1.35 bits per heavy atom. The molecule has 0 fully saturated rings. The molecule has 0 bridgehead atoms. The molecule has 0 aromatic carbocycles. The quantitative estimate of drug-likeness (QED) is 0.902. The molecule has 0 saturated heterocycles. The molecule has 2 aromatic heterocycles. The van der Waals surface area contributed by atoms with Gasteiger partial charge in [0.25, 0.3) is 0 Å². The number of rotatable bonds is 4. The van der Waals surface area contributed by atoms with E-state index in [4.69, 9.17) is 10.2 Å². The lowest BCUT2D eigenvalue weighted by Crippen LogP contribution is -2.00. The molecule has 4 heteroatoms. The normalized spacial score (nSPS) is 10.7. The molecule has 0 spiro atoms. The molecule has 2 heterocycles. The molecular formula is C13H16N2OS. The van der Waals surface area contributed by atoms with E-state index in [1.54, 1.807) is 18.0 Å². The minimum absolute atomic E-state index is 0.855. The van der Waals surface area contributed by atoms with Crippen molar-refractivity contribution in [1.82, 2.24) is 4.98 Å². The summed E-state index contributed by atoms with van der Waals surface area (Å²) in [6, 6.07) is 3.89. The summed E-state index contributed by atoms with van der Waals surface area (Å²) >= 11 is 1.78. The fraction of sp³-hybridized carbons (Fsp3) is 0.308. The van der Waals surface area contributed by atoms with Gasteiger partial charge in [-0.25, -0.2) is 0 Å². The van der Waals surface area contributed by atoms with Gasteiger partial charge in [0.2, 0.25) is 0 Å². The predicted molar refractivity (Wildman–Crippen MR) is 71.8 cm³/mol. The molecule has 2 aromatic rings. The number of hydrogen-bond donors (Lipinski definition) is 1. The van der Waals surface area contributed by atoms with Gasteiger partial charge in [-0.1, -0.05) is 0 Å². The standard InChI is InChI=1S/C13H16N2OS/c1-9-6-15-12(10(2)13(9)14)8-17-7-11-4-3-5-16-11/h3-6H,7-8H2,1-2H3,(H2,14,15). The fourth-order valence-electron chi connectivity index (χ4n) is 1.58. The summed E-state index contributed by atoms with van der Waals surface area (Å²) in [7, 11) is 0. The first-order valence-corrected chi connectivity index (χ1v) is 6.64. The van der Waals surface area contributed by atoms with E-state index in [-0.39, 0.29) is 0 Å². The van der Waals surface area contributed by atoms with Crippen molar-refractivity contribution < 1.29 is 4.42 Å². The topological polar surface area (TPSA) is 52.0 Å². The molecule has 0 saturated carbocycles. The van der Waals surface area contributed by atoms with Crippen LogP contribution in [0, 0.1) is 13.8 Å². The monoisotopic (exact) mass is 248 g/mol. The third-order valence-electron chi connectivity index (χ3n) is 2.74. The Bertz CT molecular complexity index is 494. The first-order chi connectivity index (χ1) is 8.18. The number of aryl methyl sites for hydroxylation is 1. The summed E-state index contributed by atoms with van der Waals surface area (Å²) in [6.07, 6.45) is 3.54. The Morgan fingerprint density at radius 3 is 2.88 bits per heavy atom. The van der Waals surface area contributed by atoms with E-state index in [1.807, 2.05) is 32.2 Å². The summed E-state index contributed by atoms with van der Waals surface area (Å²) in [6.45, 7) is 4.01. The number of nitrogen functional groups attached to an aromatic ring is 1. The summed E-state index contributed by atoms with van der Waals surface area (Å²) in [5.74, 6) is 2.71. The van der Waals surface area contributed by atoms with Crippen LogP contribution in [-0.2, 0) is 11.5 Å². The van der Waals surface area contributed by atoms with Crippen LogP contribution in [0.25, 0.3) is 0 Å². The minimum atomic E-state index is 0.855. The molecule has 17 heavy (non-hydrogen) atoms. The minimum Gasteiger partial charge on any atom is -0.468 e. The summed E-state index contributed by atoms with van der Waals surface area (Å²) in [5.41, 5.74) is 10.0. The number of nitrogens with two attached hydrogens (primary N) is 1. The SMILES string of the molecule is Cc1cnc(CSCc2ccco2)c(C)c1N. The Labute approximate surface area is 105 Å². The van der Waals surface area contributed by atoms with Crippen molar-refractivity contribution in [2.75, 3.05) is 5.73 Å². The zero-order valence-electron chi connectivity index (χ0n) is 10.1. The second-order valence-corrected chi connectivity index (χ2v) is 4.98. The van der Waals surface area contributed by atoms with Crippen LogP contribution in [0.15, 0.2) is 29.0 Å². The maximum atomic E-state index is 5.98. The summed E-state index contributed by atoms with van der Waals surface area (Å²) in [4.78, 5) is 4.43. The van der Waals surface area contributed by atoms with Gasteiger partial charge in [0.05, 0.1) is 17.7 Å². The zero-order chi connectivity index (χ0) is 12.3. The predicted octanol–water partition coefficient (Wildman–Crippen LogP) is 3.31. The second-order valence-electron chi connectivity index (χ2n) is 4.00. The summed E-state index contributed by atoms with van der Waals surface area (Å²) < 4.78 is 5.28. The number of aromatic nitrogens is 1. The van der Waals surface area contributed by atoms with Crippen molar-refractivity contribution in [2.24, 2.45) is 0 Å². The molecule has 0 aliphatic rings. The van der Waals surface area contributed by atoms with E-state index in [0.717, 1.165) is 39.8 Å². The van der Waals surface area contributed by atoms with Crippen molar-refractivity contribution in [2.45, 2.75) is 25.4 Å². The maximum absolute atomic E-state index is 5.98. The highest BCUT2D eigenvalue weighted by Gasteiger charge is 2.06. The number of pyridine rings is 1. The van der Waals surface area contributed by atoms with Crippen LogP contribution in [0.2, 0.25) is 0 Å². The van der Waals surface area contributed by atoms with Crippen LogP contribution in [0.5, 0.6) is 0 Å². The molecule has 0 aliphatic heterocycles. The van der Waals surface area contributed by atoms with Gasteiger partial charge in [-0.2, -0.15) is 0 Å². The Hall–Kier alpha value is -1.42. The van der Waals surface area contributed by atoms with Crippen molar-refractivity contribution in [3.05, 3.63) is 47.2 Å². The second kappa shape index (κ2) is 5.27. The van der Waals surface area contributed by atoms with Crippen LogP contribution >= 0.6 is 11.8 Å². The van der Waals surface area contributed by atoms with Gasteiger partial charge in [-0.15, -0.1) is 11.8 Å². The van der Waals surface area contributed by atoms with Crippen molar-refractivity contribution in [1.29, 1.82) is 0 Å². The summed E-state index contributed by atoms with van der Waals surface area (Å²) in [5, 5.41) is 0. The average Bonchev–Trinajstić information content (AvgIpc) is 2.82. The van der Waals surface area contributed by atoms with Crippen LogP contribution in [0.4, 0.5) is 5.69 Å². The smallest absolute Gasteiger partial charge is 0.113 e. The molecule has 0 aliphatic carbocycles. The molecule has 2 N–H and O–H groups in total. The highest BCUT2D eigenvalue weighted by Crippen LogP contribution is 2.23. The van der Waals surface area contributed by atoms with Crippen LogP contribution in [0.3, 0.4) is 0 Å². The lowest BCUT2D eigenvalue weighted by atomic mass is 10.1.